The van der Waals surface area contributed by atoms with Crippen molar-refractivity contribution in [1.29, 1.82) is 0 Å². The lowest BCUT2D eigenvalue weighted by atomic mass is 10.0. The number of nitrogens with zero attached hydrogens (tertiary/aromatic N) is 1. The first-order valence-electron chi connectivity index (χ1n) is 9.89. The van der Waals surface area contributed by atoms with E-state index in [4.69, 9.17) is 5.11 Å². The molecule has 3 aromatic carbocycles. The van der Waals surface area contributed by atoms with Crippen LogP contribution in [0.1, 0.15) is 32.9 Å². The second-order valence-corrected chi connectivity index (χ2v) is 8.59. The summed E-state index contributed by atoms with van der Waals surface area (Å²) in [5.41, 5.74) is 4.19. The monoisotopic (exact) mass is 433 g/mol. The molecule has 1 heterocycles. The smallest absolute Gasteiger partial charge is 0.335 e. The van der Waals surface area contributed by atoms with Gasteiger partial charge in [-0.1, -0.05) is 30.3 Å². The molecule has 6 heteroatoms. The van der Waals surface area contributed by atoms with Crippen LogP contribution in [-0.4, -0.2) is 21.8 Å². The van der Waals surface area contributed by atoms with Crippen molar-refractivity contribution in [3.63, 3.8) is 0 Å². The number of carbonyl (C=O) groups is 2. The summed E-state index contributed by atoms with van der Waals surface area (Å²) in [5, 5.41) is 9.82. The normalized spacial score (nSPS) is 11.0. The molecule has 156 valence electrons. The number of aromatic carboxylic acids is 1. The highest BCUT2D eigenvalue weighted by Crippen LogP contribution is 2.29. The third-order valence-electron chi connectivity index (χ3n) is 5.15. The molecular weight excluding hydrogens is 413 g/mol. The van der Waals surface area contributed by atoms with Crippen LogP contribution in [0.5, 0.6) is 0 Å². The van der Waals surface area contributed by atoms with Crippen molar-refractivity contribution < 1.29 is 19.1 Å². The zero-order chi connectivity index (χ0) is 22.0. The summed E-state index contributed by atoms with van der Waals surface area (Å²) in [6.07, 6.45) is 1.06. The molecule has 0 aliphatic carbocycles. The first-order valence-corrected chi connectivity index (χ1v) is 10.7. The Morgan fingerprint density at radius 3 is 2.58 bits per heavy atom. The van der Waals surface area contributed by atoms with Gasteiger partial charge in [-0.25, -0.2) is 14.2 Å². The van der Waals surface area contributed by atoms with Gasteiger partial charge in [0, 0.05) is 6.42 Å². The summed E-state index contributed by atoms with van der Waals surface area (Å²) in [4.78, 5) is 28.1. The van der Waals surface area contributed by atoms with Crippen molar-refractivity contribution in [2.24, 2.45) is 0 Å². The van der Waals surface area contributed by atoms with Crippen LogP contribution in [0.3, 0.4) is 0 Å². The largest absolute Gasteiger partial charge is 0.478 e. The van der Waals surface area contributed by atoms with Gasteiger partial charge in [-0.05, 0) is 65.9 Å². The predicted octanol–water partition coefficient (Wildman–Crippen LogP) is 5.85. The second kappa shape index (κ2) is 8.78. The molecule has 0 fully saturated rings. The van der Waals surface area contributed by atoms with Gasteiger partial charge in [0.2, 0.25) is 0 Å². The van der Waals surface area contributed by atoms with Crippen LogP contribution in [0.2, 0.25) is 0 Å². The Balaban J connectivity index is 1.45. The van der Waals surface area contributed by atoms with Crippen LogP contribution in [-0.2, 0) is 17.6 Å². The van der Waals surface area contributed by atoms with Gasteiger partial charge >= 0.3 is 5.97 Å². The van der Waals surface area contributed by atoms with Crippen LogP contribution in [0.25, 0.3) is 21.3 Å². The Bertz CT molecular complexity index is 1300. The highest BCUT2D eigenvalue weighted by molar-refractivity contribution is 7.18. The minimum atomic E-state index is -0.976. The van der Waals surface area contributed by atoms with Gasteiger partial charge in [0.05, 0.1) is 22.2 Å². The van der Waals surface area contributed by atoms with E-state index in [-0.39, 0.29) is 23.6 Å². The SMILES string of the molecule is Cc1ccc(-c2ccc3nc(CC(=O)CCc4cccc(C(=O)O)c4)sc3c2)cc1F. The number of benzene rings is 3. The molecule has 4 rings (SSSR count). The highest BCUT2D eigenvalue weighted by atomic mass is 32.1. The maximum atomic E-state index is 13.9. The third-order valence-corrected chi connectivity index (χ3v) is 6.17. The lowest BCUT2D eigenvalue weighted by molar-refractivity contribution is -0.118. The molecule has 1 aromatic heterocycles. The molecule has 0 atom stereocenters. The number of ketones is 1. The van der Waals surface area contributed by atoms with E-state index in [9.17, 15) is 14.0 Å². The van der Waals surface area contributed by atoms with Gasteiger partial charge < -0.3 is 5.11 Å². The Morgan fingerprint density at radius 1 is 1.03 bits per heavy atom. The molecule has 0 saturated heterocycles. The maximum Gasteiger partial charge on any atom is 0.335 e. The third kappa shape index (κ3) is 4.86. The minimum Gasteiger partial charge on any atom is -0.478 e. The Kier molecular flexibility index (Phi) is 5.91. The molecule has 0 saturated carbocycles. The summed E-state index contributed by atoms with van der Waals surface area (Å²) in [5.74, 6) is -1.15. The molecule has 0 aliphatic heterocycles. The number of aromatic nitrogens is 1. The fraction of sp³-hybridized carbons (Fsp3) is 0.160. The lowest BCUT2D eigenvalue weighted by Crippen LogP contribution is -2.05. The van der Waals surface area contributed by atoms with Crippen LogP contribution < -0.4 is 0 Å². The summed E-state index contributed by atoms with van der Waals surface area (Å²) >= 11 is 1.47. The summed E-state index contributed by atoms with van der Waals surface area (Å²) in [7, 11) is 0. The average Bonchev–Trinajstić information content (AvgIpc) is 3.15. The molecule has 0 bridgehead atoms. The van der Waals surface area contributed by atoms with Crippen molar-refractivity contribution in [1.82, 2.24) is 4.98 Å². The fourth-order valence-electron chi connectivity index (χ4n) is 3.40. The zero-order valence-corrected chi connectivity index (χ0v) is 17.7. The molecule has 0 unspecified atom stereocenters. The topological polar surface area (TPSA) is 67.3 Å². The van der Waals surface area contributed by atoms with Gasteiger partial charge in [0.1, 0.15) is 16.6 Å². The standard InChI is InChI=1S/C25H20FNO3S/c1-15-5-7-17(12-21(15)26)18-8-10-22-23(13-18)31-24(27-22)14-20(28)9-6-16-3-2-4-19(11-16)25(29)30/h2-5,7-8,10-13H,6,9,14H2,1H3,(H,29,30). The van der Waals surface area contributed by atoms with Crippen LogP contribution in [0.15, 0.2) is 60.7 Å². The number of halogens is 1. The van der Waals surface area contributed by atoms with Crippen molar-refractivity contribution in [3.8, 4) is 11.1 Å². The van der Waals surface area contributed by atoms with E-state index in [2.05, 4.69) is 4.98 Å². The van der Waals surface area contributed by atoms with E-state index < -0.39 is 5.97 Å². The number of rotatable bonds is 7. The molecule has 1 N–H and O–H groups in total. The number of aryl methyl sites for hydroxylation is 2. The van der Waals surface area contributed by atoms with Crippen molar-refractivity contribution >= 4 is 33.3 Å². The molecule has 4 aromatic rings. The Hall–Kier alpha value is -3.38. The fourth-order valence-corrected chi connectivity index (χ4v) is 4.44. The van der Waals surface area contributed by atoms with Crippen molar-refractivity contribution in [3.05, 3.63) is 88.2 Å². The molecular formula is C25H20FNO3S. The van der Waals surface area contributed by atoms with Gasteiger partial charge in [-0.2, -0.15) is 0 Å². The van der Waals surface area contributed by atoms with Crippen molar-refractivity contribution in [2.75, 3.05) is 0 Å². The predicted molar refractivity (Wildman–Crippen MR) is 120 cm³/mol. The molecule has 0 amide bonds. The van der Waals surface area contributed by atoms with Crippen molar-refractivity contribution in [2.45, 2.75) is 26.2 Å². The maximum absolute atomic E-state index is 13.9. The van der Waals surface area contributed by atoms with E-state index in [1.54, 1.807) is 25.1 Å². The zero-order valence-electron chi connectivity index (χ0n) is 16.9. The first-order chi connectivity index (χ1) is 14.9. The van der Waals surface area contributed by atoms with Gasteiger partial charge in [0.25, 0.3) is 0 Å². The second-order valence-electron chi connectivity index (χ2n) is 7.48. The molecule has 0 radical (unpaired) electrons. The quantitative estimate of drug-likeness (QED) is 0.397. The number of carboxylic acid groups (broad SMARTS) is 1. The van der Waals surface area contributed by atoms with E-state index in [0.29, 0.717) is 18.4 Å². The molecule has 0 aliphatic rings. The number of thiazole rings is 1. The van der Waals surface area contributed by atoms with Crippen LogP contribution in [0.4, 0.5) is 4.39 Å². The average molecular weight is 434 g/mol. The number of Topliss-reactive ketones (excluding diaryl/α,β-unsaturated/α-hetero) is 1. The Morgan fingerprint density at radius 2 is 1.81 bits per heavy atom. The highest BCUT2D eigenvalue weighted by Gasteiger charge is 2.12. The van der Waals surface area contributed by atoms with Crippen LogP contribution in [0, 0.1) is 12.7 Å². The number of fused-ring (bicyclic) bond motifs is 1. The number of carboxylic acids is 1. The first kappa shape index (κ1) is 20.9. The van der Waals surface area contributed by atoms with E-state index in [1.807, 2.05) is 30.3 Å². The Labute approximate surface area is 183 Å². The van der Waals surface area contributed by atoms with Gasteiger partial charge in [-0.3, -0.25) is 4.79 Å². The minimum absolute atomic E-state index is 0.0561. The lowest BCUT2D eigenvalue weighted by Gasteiger charge is -2.03. The van der Waals surface area contributed by atoms with Gasteiger partial charge in [-0.15, -0.1) is 11.3 Å². The molecule has 31 heavy (non-hydrogen) atoms. The summed E-state index contributed by atoms with van der Waals surface area (Å²) in [6.45, 7) is 1.73. The summed E-state index contributed by atoms with van der Waals surface area (Å²) in [6, 6.07) is 17.6. The number of hydrogen-bond donors (Lipinski definition) is 1. The number of hydrogen-bond acceptors (Lipinski definition) is 4. The van der Waals surface area contributed by atoms with Gasteiger partial charge in [0.15, 0.2) is 0 Å². The van der Waals surface area contributed by atoms with Crippen LogP contribution >= 0.6 is 11.3 Å². The molecule has 0 spiro atoms. The molecule has 4 nitrogen and oxygen atoms in total. The number of carbonyl (C=O) groups excluding carboxylic acids is 1. The van der Waals surface area contributed by atoms with E-state index in [0.717, 1.165) is 31.9 Å². The summed E-state index contributed by atoms with van der Waals surface area (Å²) < 4.78 is 14.9. The van der Waals surface area contributed by atoms with E-state index in [1.165, 1.54) is 23.5 Å². The van der Waals surface area contributed by atoms with E-state index >= 15 is 0 Å².